The Kier molecular flexibility index (Phi) is 6.52. The molecular formula is C24H23N3O3S. The molecule has 0 atom stereocenters. The van der Waals surface area contributed by atoms with E-state index >= 15 is 0 Å². The molecule has 0 aliphatic carbocycles. The lowest BCUT2D eigenvalue weighted by Gasteiger charge is -2.22. The number of benzene rings is 2. The molecule has 2 aromatic rings. The number of amidine groups is 2. The molecule has 2 heterocycles. The molecule has 158 valence electrons. The topological polar surface area (TPSA) is 75.0 Å². The van der Waals surface area contributed by atoms with Crippen LogP contribution >= 0.6 is 11.8 Å². The molecule has 0 unspecified atom stereocenters. The first-order valence-corrected chi connectivity index (χ1v) is 11.0. The van der Waals surface area contributed by atoms with Crippen LogP contribution in [0.2, 0.25) is 0 Å². The normalized spacial score (nSPS) is 16.5. The van der Waals surface area contributed by atoms with E-state index in [-0.39, 0.29) is 11.4 Å². The lowest BCUT2D eigenvalue weighted by molar-refractivity contribution is -0.114. The van der Waals surface area contributed by atoms with Gasteiger partial charge in [-0.25, -0.2) is 0 Å². The lowest BCUT2D eigenvalue weighted by Crippen LogP contribution is -2.35. The first kappa shape index (κ1) is 20.9. The molecule has 7 heteroatoms. The van der Waals surface area contributed by atoms with Crippen LogP contribution in [0.3, 0.4) is 0 Å². The monoisotopic (exact) mass is 433 g/mol. The fourth-order valence-corrected chi connectivity index (χ4v) is 3.86. The molecule has 4 rings (SSSR count). The number of hydrogen-bond donors (Lipinski definition) is 1. The average Bonchev–Trinajstić information content (AvgIpc) is 3.26. The Bertz CT molecular complexity index is 1070. The van der Waals surface area contributed by atoms with Gasteiger partial charge >= 0.3 is 0 Å². The van der Waals surface area contributed by atoms with Crippen LogP contribution in [-0.2, 0) is 11.2 Å². The second-order valence-electron chi connectivity index (χ2n) is 7.00. The molecule has 0 spiro atoms. The molecule has 31 heavy (non-hydrogen) atoms. The molecule has 2 aromatic carbocycles. The van der Waals surface area contributed by atoms with Crippen LogP contribution in [-0.4, -0.2) is 35.0 Å². The summed E-state index contributed by atoms with van der Waals surface area (Å²) >= 11 is 1.33. The molecule has 2 aliphatic heterocycles. The van der Waals surface area contributed by atoms with E-state index in [1.54, 1.807) is 17.2 Å². The van der Waals surface area contributed by atoms with Crippen molar-refractivity contribution in [2.75, 3.05) is 13.2 Å². The van der Waals surface area contributed by atoms with Gasteiger partial charge in [0.1, 0.15) is 17.3 Å². The highest BCUT2D eigenvalue weighted by atomic mass is 32.2. The van der Waals surface area contributed by atoms with E-state index in [2.05, 4.69) is 24.0 Å². The van der Waals surface area contributed by atoms with Gasteiger partial charge in [0, 0.05) is 12.6 Å². The van der Waals surface area contributed by atoms with Gasteiger partial charge in [0.2, 0.25) is 0 Å². The molecule has 0 aromatic heterocycles. The number of aryl methyl sites for hydroxylation is 1. The third-order valence-electron chi connectivity index (χ3n) is 4.84. The van der Waals surface area contributed by atoms with Crippen molar-refractivity contribution in [3.8, 4) is 11.5 Å². The highest BCUT2D eigenvalue weighted by molar-refractivity contribution is 8.16. The summed E-state index contributed by atoms with van der Waals surface area (Å²) in [7, 11) is 0. The third-order valence-corrected chi connectivity index (χ3v) is 5.60. The number of thioether (sulfide) groups is 1. The van der Waals surface area contributed by atoms with Crippen molar-refractivity contribution in [1.82, 2.24) is 4.90 Å². The first-order chi connectivity index (χ1) is 15.1. The number of nitrogens with one attached hydrogen (secondary N) is 1. The van der Waals surface area contributed by atoms with Crippen LogP contribution in [0, 0.1) is 5.41 Å². The van der Waals surface area contributed by atoms with Gasteiger partial charge in [0.15, 0.2) is 5.17 Å². The summed E-state index contributed by atoms with van der Waals surface area (Å²) in [6, 6.07) is 15.6. The van der Waals surface area contributed by atoms with Gasteiger partial charge < -0.3 is 9.47 Å². The number of nitrogens with zero attached hydrogens (tertiary/aromatic N) is 2. The predicted octanol–water partition coefficient (Wildman–Crippen LogP) is 4.87. The number of rotatable bonds is 8. The number of carbonyl (C=O) groups excluding carboxylic acids is 1. The van der Waals surface area contributed by atoms with Crippen molar-refractivity contribution in [3.05, 3.63) is 76.8 Å². The number of fused-ring (bicyclic) bond motifs is 1. The predicted molar refractivity (Wildman–Crippen MR) is 125 cm³/mol. The van der Waals surface area contributed by atoms with Crippen molar-refractivity contribution >= 4 is 34.7 Å². The summed E-state index contributed by atoms with van der Waals surface area (Å²) < 4.78 is 11.6. The maximum absolute atomic E-state index is 12.3. The highest BCUT2D eigenvalue weighted by Crippen LogP contribution is 2.27. The fraction of sp³-hybridized carbons (Fsp3) is 0.208. The summed E-state index contributed by atoms with van der Waals surface area (Å²) in [5.74, 6) is 1.30. The summed E-state index contributed by atoms with van der Waals surface area (Å²) in [6.45, 7) is 3.22. The minimum atomic E-state index is -0.400. The Morgan fingerprint density at radius 2 is 1.87 bits per heavy atom. The SMILES string of the molecule is CCc1ccc(OCCCOc2cccc(/C=C3/C(=N)N4C=CSC4=NC3=O)c2)cc1. The van der Waals surface area contributed by atoms with Gasteiger partial charge in [-0.05, 0) is 53.3 Å². The Balaban J connectivity index is 1.31. The van der Waals surface area contributed by atoms with Gasteiger partial charge in [-0.15, -0.1) is 0 Å². The fourth-order valence-electron chi connectivity index (χ4n) is 3.15. The Hall–Kier alpha value is -3.32. The van der Waals surface area contributed by atoms with Gasteiger partial charge in [-0.1, -0.05) is 43.0 Å². The molecule has 0 saturated carbocycles. The number of aliphatic imine (C=N–C) groups is 1. The quantitative estimate of drug-likeness (QED) is 0.475. The molecule has 1 amide bonds. The second-order valence-corrected chi connectivity index (χ2v) is 7.87. The van der Waals surface area contributed by atoms with E-state index in [4.69, 9.17) is 14.9 Å². The van der Waals surface area contributed by atoms with E-state index in [0.29, 0.717) is 24.1 Å². The largest absolute Gasteiger partial charge is 0.493 e. The summed E-state index contributed by atoms with van der Waals surface area (Å²) in [6.07, 6.45) is 5.19. The second kappa shape index (κ2) is 9.66. The molecular weight excluding hydrogens is 410 g/mol. The van der Waals surface area contributed by atoms with Gasteiger partial charge in [-0.2, -0.15) is 4.99 Å². The molecule has 0 radical (unpaired) electrons. The molecule has 0 fully saturated rings. The summed E-state index contributed by atoms with van der Waals surface area (Å²) in [4.78, 5) is 18.0. The Morgan fingerprint density at radius 1 is 1.10 bits per heavy atom. The van der Waals surface area contributed by atoms with E-state index < -0.39 is 5.91 Å². The Labute approximate surface area is 185 Å². The maximum Gasteiger partial charge on any atom is 0.283 e. The standard InChI is InChI=1S/C24H23N3O3S/c1-2-17-7-9-19(10-8-17)29-12-4-13-30-20-6-3-5-18(15-20)16-21-22(25)27-11-14-31-24(27)26-23(21)28/h3,5-11,14-16,25H,2,4,12-13H2,1H3/b21-16-,25-22?. The summed E-state index contributed by atoms with van der Waals surface area (Å²) in [5, 5.41) is 10.6. The number of carbonyl (C=O) groups is 1. The molecule has 1 N–H and O–H groups in total. The van der Waals surface area contributed by atoms with E-state index in [0.717, 1.165) is 24.2 Å². The first-order valence-electron chi connectivity index (χ1n) is 10.1. The molecule has 0 bridgehead atoms. The van der Waals surface area contributed by atoms with Crippen LogP contribution in [0.4, 0.5) is 0 Å². The zero-order chi connectivity index (χ0) is 21.6. The highest BCUT2D eigenvalue weighted by Gasteiger charge is 2.30. The molecule has 6 nitrogen and oxygen atoms in total. The zero-order valence-electron chi connectivity index (χ0n) is 17.2. The van der Waals surface area contributed by atoms with Crippen LogP contribution < -0.4 is 9.47 Å². The van der Waals surface area contributed by atoms with Crippen molar-refractivity contribution in [1.29, 1.82) is 5.41 Å². The molecule has 2 aliphatic rings. The minimum Gasteiger partial charge on any atom is -0.493 e. The number of amides is 1. The van der Waals surface area contributed by atoms with E-state index in [1.807, 2.05) is 41.8 Å². The van der Waals surface area contributed by atoms with Crippen molar-refractivity contribution in [2.45, 2.75) is 19.8 Å². The number of hydrogen-bond acceptors (Lipinski definition) is 5. The van der Waals surface area contributed by atoms with Gasteiger partial charge in [-0.3, -0.25) is 15.1 Å². The van der Waals surface area contributed by atoms with Crippen molar-refractivity contribution < 1.29 is 14.3 Å². The maximum atomic E-state index is 12.3. The Morgan fingerprint density at radius 3 is 2.65 bits per heavy atom. The smallest absolute Gasteiger partial charge is 0.283 e. The minimum absolute atomic E-state index is 0.131. The summed E-state index contributed by atoms with van der Waals surface area (Å²) in [5.41, 5.74) is 2.33. The van der Waals surface area contributed by atoms with Crippen LogP contribution in [0.1, 0.15) is 24.5 Å². The van der Waals surface area contributed by atoms with Crippen molar-refractivity contribution in [3.63, 3.8) is 0 Å². The van der Waals surface area contributed by atoms with Crippen LogP contribution in [0.5, 0.6) is 11.5 Å². The van der Waals surface area contributed by atoms with Gasteiger partial charge in [0.05, 0.1) is 18.8 Å². The van der Waals surface area contributed by atoms with Crippen LogP contribution in [0.15, 0.2) is 70.7 Å². The average molecular weight is 434 g/mol. The zero-order valence-corrected chi connectivity index (χ0v) is 18.0. The van der Waals surface area contributed by atoms with E-state index in [9.17, 15) is 4.79 Å². The molecule has 0 saturated heterocycles. The lowest BCUT2D eigenvalue weighted by atomic mass is 10.1. The van der Waals surface area contributed by atoms with Crippen molar-refractivity contribution in [2.24, 2.45) is 4.99 Å². The third kappa shape index (κ3) is 5.06. The van der Waals surface area contributed by atoms with Gasteiger partial charge in [0.25, 0.3) is 5.91 Å². The van der Waals surface area contributed by atoms with Crippen LogP contribution in [0.25, 0.3) is 6.08 Å². The van der Waals surface area contributed by atoms with E-state index in [1.165, 1.54) is 17.3 Å². The number of ether oxygens (including phenoxy) is 2.